The number of nitrogens with zero attached hydrogens (tertiary/aromatic N) is 2. The van der Waals surface area contributed by atoms with Gasteiger partial charge in [0.25, 0.3) is 5.56 Å². The van der Waals surface area contributed by atoms with E-state index < -0.39 is 0 Å². The van der Waals surface area contributed by atoms with Crippen molar-refractivity contribution in [3.63, 3.8) is 0 Å². The van der Waals surface area contributed by atoms with Gasteiger partial charge in [-0.1, -0.05) is 12.1 Å². The Kier molecular flexibility index (Phi) is 4.30. The summed E-state index contributed by atoms with van der Waals surface area (Å²) >= 11 is 0. The number of aromatic hydroxyl groups is 1. The maximum absolute atomic E-state index is 13.5. The normalized spacial score (nSPS) is 13.2. The first-order valence-electron chi connectivity index (χ1n) is 9.78. The van der Waals surface area contributed by atoms with E-state index in [9.17, 15) is 15.0 Å². The third-order valence-corrected chi connectivity index (χ3v) is 5.68. The van der Waals surface area contributed by atoms with Gasteiger partial charge in [-0.2, -0.15) is 0 Å². The molecule has 0 saturated heterocycles. The van der Waals surface area contributed by atoms with E-state index >= 15 is 0 Å². The van der Waals surface area contributed by atoms with E-state index in [0.717, 1.165) is 21.7 Å². The summed E-state index contributed by atoms with van der Waals surface area (Å²) in [5.74, 6) is 1.27. The Balaban J connectivity index is 1.95. The topological polar surface area (TPSA) is 84.2 Å². The average molecular weight is 406 g/mol. The number of benzene rings is 3. The minimum Gasteiger partial charge on any atom is -0.508 e. The number of hydrogen-bond acceptors (Lipinski definition) is 6. The quantitative estimate of drug-likeness (QED) is 0.507. The molecule has 0 aliphatic carbocycles. The third kappa shape index (κ3) is 2.78. The molecule has 2 N–H and O–H groups in total. The van der Waals surface area contributed by atoms with Crippen LogP contribution in [0.15, 0.2) is 41.2 Å². The van der Waals surface area contributed by atoms with E-state index in [4.69, 9.17) is 9.47 Å². The van der Waals surface area contributed by atoms with Gasteiger partial charge in [-0.25, -0.2) is 0 Å². The molecular formula is C23H22N2O5. The number of fused-ring (bicyclic) bond motifs is 6. The SMILES string of the molecule is CN(C)CCn1c(=O)c2cc(O)c(CO)cc2c2ccc3cc4c(cc3c21)OCO4. The van der Waals surface area contributed by atoms with Crippen LogP contribution >= 0.6 is 0 Å². The number of phenols is 1. The lowest BCUT2D eigenvalue weighted by molar-refractivity contribution is 0.174. The molecule has 0 spiro atoms. The minimum atomic E-state index is -0.306. The number of aliphatic hydroxyl groups is 1. The van der Waals surface area contributed by atoms with E-state index in [1.807, 2.05) is 43.3 Å². The maximum atomic E-state index is 13.5. The van der Waals surface area contributed by atoms with Crippen molar-refractivity contribution >= 4 is 32.4 Å². The average Bonchev–Trinajstić information content (AvgIpc) is 3.18. The minimum absolute atomic E-state index is 0.0789. The second-order valence-electron chi connectivity index (χ2n) is 7.83. The summed E-state index contributed by atoms with van der Waals surface area (Å²) in [5.41, 5.74) is 1.02. The first-order valence-corrected chi connectivity index (χ1v) is 9.78. The van der Waals surface area contributed by atoms with E-state index in [-0.39, 0.29) is 24.7 Å². The Bertz CT molecular complexity index is 1370. The molecule has 0 amide bonds. The summed E-state index contributed by atoms with van der Waals surface area (Å²) in [6.07, 6.45) is 0. The van der Waals surface area contributed by atoms with Gasteiger partial charge in [-0.15, -0.1) is 0 Å². The number of hydrogen-bond donors (Lipinski definition) is 2. The maximum Gasteiger partial charge on any atom is 0.259 e. The second-order valence-corrected chi connectivity index (χ2v) is 7.83. The Labute approximate surface area is 172 Å². The summed E-state index contributed by atoms with van der Waals surface area (Å²) in [6.45, 7) is 1.05. The molecule has 0 bridgehead atoms. The predicted octanol–water partition coefficient (Wildman–Crippen LogP) is 2.80. The Hall–Kier alpha value is -3.29. The first-order chi connectivity index (χ1) is 14.5. The first kappa shape index (κ1) is 18.7. The van der Waals surface area contributed by atoms with Crippen LogP contribution < -0.4 is 15.0 Å². The van der Waals surface area contributed by atoms with E-state index in [0.29, 0.717) is 40.9 Å². The lowest BCUT2D eigenvalue weighted by Gasteiger charge is -2.18. The predicted molar refractivity (Wildman–Crippen MR) is 115 cm³/mol. The van der Waals surface area contributed by atoms with Crippen LogP contribution in [0.1, 0.15) is 5.56 Å². The van der Waals surface area contributed by atoms with Crippen molar-refractivity contribution in [2.24, 2.45) is 0 Å². The second kappa shape index (κ2) is 6.90. The molecule has 5 rings (SSSR count). The van der Waals surface area contributed by atoms with Crippen molar-refractivity contribution in [1.29, 1.82) is 0 Å². The molecule has 0 fully saturated rings. The molecule has 0 radical (unpaired) electrons. The van der Waals surface area contributed by atoms with Crippen LogP contribution in [0.3, 0.4) is 0 Å². The molecule has 154 valence electrons. The molecule has 2 heterocycles. The van der Waals surface area contributed by atoms with Crippen LogP contribution in [0.25, 0.3) is 32.4 Å². The molecular weight excluding hydrogens is 384 g/mol. The van der Waals surface area contributed by atoms with E-state index in [1.54, 1.807) is 10.6 Å². The molecule has 7 heteroatoms. The lowest BCUT2D eigenvalue weighted by Crippen LogP contribution is -2.27. The highest BCUT2D eigenvalue weighted by Crippen LogP contribution is 2.40. The number of aromatic nitrogens is 1. The summed E-state index contributed by atoms with van der Waals surface area (Å²) in [6, 6.07) is 11.0. The van der Waals surface area contributed by atoms with Gasteiger partial charge < -0.3 is 29.2 Å². The van der Waals surface area contributed by atoms with Crippen molar-refractivity contribution in [3.8, 4) is 17.2 Å². The summed E-state index contributed by atoms with van der Waals surface area (Å²) < 4.78 is 12.9. The summed E-state index contributed by atoms with van der Waals surface area (Å²) in [5, 5.41) is 23.7. The third-order valence-electron chi connectivity index (χ3n) is 5.68. The van der Waals surface area contributed by atoms with Gasteiger partial charge in [0.2, 0.25) is 6.79 Å². The van der Waals surface area contributed by atoms with Crippen LogP contribution in [0.5, 0.6) is 17.2 Å². The van der Waals surface area contributed by atoms with Crippen molar-refractivity contribution in [2.75, 3.05) is 27.4 Å². The highest BCUT2D eigenvalue weighted by Gasteiger charge is 2.19. The molecule has 1 aromatic heterocycles. The van der Waals surface area contributed by atoms with E-state index in [2.05, 4.69) is 0 Å². The van der Waals surface area contributed by atoms with Crippen LogP contribution in [0, 0.1) is 0 Å². The van der Waals surface area contributed by atoms with Crippen LogP contribution in [0.4, 0.5) is 0 Å². The number of ether oxygens (including phenoxy) is 2. The van der Waals surface area contributed by atoms with E-state index in [1.165, 1.54) is 6.07 Å². The molecule has 0 saturated carbocycles. The summed E-state index contributed by atoms with van der Waals surface area (Å²) in [7, 11) is 3.92. The van der Waals surface area contributed by atoms with Gasteiger partial charge >= 0.3 is 0 Å². The van der Waals surface area contributed by atoms with Crippen LogP contribution in [-0.2, 0) is 13.2 Å². The molecule has 1 aliphatic rings. The van der Waals surface area contributed by atoms with Gasteiger partial charge in [-0.3, -0.25) is 4.79 Å². The number of pyridine rings is 1. The van der Waals surface area contributed by atoms with Crippen molar-refractivity contribution in [1.82, 2.24) is 9.47 Å². The Morgan fingerprint density at radius 3 is 2.50 bits per heavy atom. The smallest absolute Gasteiger partial charge is 0.259 e. The van der Waals surface area contributed by atoms with Gasteiger partial charge in [0.15, 0.2) is 11.5 Å². The van der Waals surface area contributed by atoms with Gasteiger partial charge in [0.1, 0.15) is 5.75 Å². The fourth-order valence-electron chi connectivity index (χ4n) is 4.13. The molecule has 0 atom stereocenters. The Morgan fingerprint density at radius 2 is 1.77 bits per heavy atom. The fraction of sp³-hybridized carbons (Fsp3) is 0.261. The van der Waals surface area contributed by atoms with Crippen LogP contribution in [-0.4, -0.2) is 47.1 Å². The number of likely N-dealkylation sites (N-methyl/N-ethyl adjacent to an activating group) is 1. The largest absolute Gasteiger partial charge is 0.508 e. The monoisotopic (exact) mass is 406 g/mol. The molecule has 7 nitrogen and oxygen atoms in total. The number of rotatable bonds is 4. The molecule has 4 aromatic rings. The fourth-order valence-corrected chi connectivity index (χ4v) is 4.13. The number of aliphatic hydroxyl groups excluding tert-OH is 1. The van der Waals surface area contributed by atoms with Crippen molar-refractivity contribution < 1.29 is 19.7 Å². The zero-order valence-electron chi connectivity index (χ0n) is 16.8. The van der Waals surface area contributed by atoms with Crippen LogP contribution in [0.2, 0.25) is 0 Å². The molecule has 1 aliphatic heterocycles. The van der Waals surface area contributed by atoms with Gasteiger partial charge in [-0.05, 0) is 49.1 Å². The van der Waals surface area contributed by atoms with Gasteiger partial charge in [0, 0.05) is 29.4 Å². The lowest BCUT2D eigenvalue weighted by atomic mass is 9.98. The zero-order chi connectivity index (χ0) is 21.0. The highest BCUT2D eigenvalue weighted by molar-refractivity contribution is 6.16. The molecule has 3 aromatic carbocycles. The highest BCUT2D eigenvalue weighted by atomic mass is 16.7. The van der Waals surface area contributed by atoms with Crippen molar-refractivity contribution in [3.05, 3.63) is 52.3 Å². The summed E-state index contributed by atoms with van der Waals surface area (Å²) in [4.78, 5) is 15.5. The standard InChI is InChI=1S/C23H22N2O5/c1-24(2)5-6-25-22-15(17-7-14(11-26)19(27)9-18(17)23(25)28)4-3-13-8-20-21(10-16(13)22)30-12-29-20/h3-4,7-10,26-27H,5-6,11-12H2,1-2H3. The van der Waals surface area contributed by atoms with Crippen molar-refractivity contribution in [2.45, 2.75) is 13.2 Å². The van der Waals surface area contributed by atoms with Gasteiger partial charge in [0.05, 0.1) is 17.5 Å². The Morgan fingerprint density at radius 1 is 1.00 bits per heavy atom. The zero-order valence-corrected chi connectivity index (χ0v) is 16.8. The molecule has 0 unspecified atom stereocenters. The molecule has 30 heavy (non-hydrogen) atoms.